The molecule has 8 aromatic rings. The van der Waals surface area contributed by atoms with E-state index < -0.39 is 184 Å². The Bertz CT molecular complexity index is 3880. The first-order valence-corrected chi connectivity index (χ1v) is 27.1. The number of rotatable bonds is 10. The third-order valence-corrected chi connectivity index (χ3v) is 16.7. The van der Waals surface area contributed by atoms with E-state index in [1.54, 1.807) is 0 Å². The Labute approximate surface area is 491 Å². The van der Waals surface area contributed by atoms with Gasteiger partial charge in [0.15, 0.2) is 46.0 Å². The van der Waals surface area contributed by atoms with E-state index in [-0.39, 0.29) is 103 Å². The lowest BCUT2D eigenvalue weighted by Crippen LogP contribution is -2.32. The zero-order chi connectivity index (χ0) is 61.9. The highest BCUT2D eigenvalue weighted by atomic mass is 16.5. The Morgan fingerprint density at radius 3 is 0.782 bits per heavy atom. The van der Waals surface area contributed by atoms with Gasteiger partial charge in [0.1, 0.15) is 93.4 Å². The van der Waals surface area contributed by atoms with Crippen LogP contribution in [0.15, 0.2) is 84.9 Å². The summed E-state index contributed by atoms with van der Waals surface area (Å²) in [6, 6.07) is 16.3. The standard InChI is InChI=1S/C63H56O24/c64-36-5-1-22(9-44(36)72)56-48(76)16-28-42(70)20-40(68)26(60(28)84-56)13-30-52(80)32(62-34(54(30)82)18-50(78)58(86-62)24-3-7-38(66)46(74)11-24)15-33-53(81)31(55(83)35-19-51(79)59(87-63(33)35)25-4-8-39(67)47(75)12-25)14-27-41(69)21-43(71)29-17-49(77)57(85-61(27)29)23-2-6-37(65)45(73)10-23/h1-12,20-21,48-51,56-59,64-83H,13-19H2/t48-,49-,50-,51-,56+,57+,58+,59+/m0/s1. The minimum Gasteiger partial charge on any atom is -0.507 e. The molecule has 24 nitrogen and oxygen atoms in total. The zero-order valence-electron chi connectivity index (χ0n) is 45.2. The smallest absolute Gasteiger partial charge is 0.157 e. The highest BCUT2D eigenvalue weighted by Crippen LogP contribution is 2.57. The summed E-state index contributed by atoms with van der Waals surface area (Å²) in [5, 5.41) is 225. The highest BCUT2D eigenvalue weighted by molar-refractivity contribution is 5.72. The van der Waals surface area contributed by atoms with Crippen LogP contribution in [0.4, 0.5) is 0 Å². The van der Waals surface area contributed by atoms with Gasteiger partial charge in [-0.3, -0.25) is 0 Å². The van der Waals surface area contributed by atoms with Crippen molar-refractivity contribution in [2.24, 2.45) is 0 Å². The maximum absolute atomic E-state index is 13.0. The summed E-state index contributed by atoms with van der Waals surface area (Å²) >= 11 is 0. The van der Waals surface area contributed by atoms with E-state index in [2.05, 4.69) is 0 Å². The van der Waals surface area contributed by atoms with E-state index in [0.29, 0.717) is 0 Å². The number of hydrogen-bond acceptors (Lipinski definition) is 24. The molecular weight excluding hydrogens is 1140 g/mol. The SMILES string of the molecule is Oc1ccc([C@H]2Oc3c(Cc4c(O)c(Cc5c(O)c(Cc6c(O)cc(O)c7c6O[C@H](c6ccc(O)c(O)c6)[C@@H](O)C7)c(O)c6c5O[C@H](c5ccc(O)c(O)c5)[C@@H](O)C6)c5c(c4O)C[C@H](O)[C@@H](c4ccc(O)c(O)c4)O5)c(O)cc(O)c3C[C@@H]2O)cc1O. The first-order chi connectivity index (χ1) is 41.4. The van der Waals surface area contributed by atoms with Crippen LogP contribution < -0.4 is 18.9 Å². The number of hydrogen-bond donors (Lipinski definition) is 20. The number of benzene rings is 8. The molecule has 0 saturated heterocycles. The molecule has 0 spiro atoms. The van der Waals surface area contributed by atoms with Gasteiger partial charge in [0.2, 0.25) is 0 Å². The Balaban J connectivity index is 1.05. The van der Waals surface area contributed by atoms with Crippen molar-refractivity contribution in [1.82, 2.24) is 0 Å². The van der Waals surface area contributed by atoms with Gasteiger partial charge >= 0.3 is 0 Å². The molecule has 24 heteroatoms. The molecule has 4 aliphatic rings. The Morgan fingerprint density at radius 1 is 0.253 bits per heavy atom. The Hall–Kier alpha value is -10.4. The lowest BCUT2D eigenvalue weighted by molar-refractivity contribution is 0.0179. The molecule has 20 N–H and O–H groups in total. The van der Waals surface area contributed by atoms with Gasteiger partial charge in [-0.2, -0.15) is 0 Å². The van der Waals surface area contributed by atoms with Gasteiger partial charge in [-0.15, -0.1) is 0 Å². The van der Waals surface area contributed by atoms with E-state index in [0.717, 1.165) is 60.7 Å². The molecule has 8 atom stereocenters. The summed E-state index contributed by atoms with van der Waals surface area (Å²) < 4.78 is 25.6. The average Bonchev–Trinajstić information content (AvgIpc) is 0.929. The summed E-state index contributed by atoms with van der Waals surface area (Å²) in [7, 11) is 0. The van der Waals surface area contributed by atoms with Gasteiger partial charge in [0, 0.05) is 113 Å². The molecule has 0 aliphatic carbocycles. The Kier molecular flexibility index (Phi) is 14.0. The Morgan fingerprint density at radius 2 is 0.506 bits per heavy atom. The first-order valence-electron chi connectivity index (χ1n) is 27.1. The number of ether oxygens (including phenoxy) is 4. The molecule has 0 radical (unpaired) electrons. The van der Waals surface area contributed by atoms with E-state index in [1.165, 1.54) is 24.3 Å². The predicted molar refractivity (Wildman–Crippen MR) is 299 cm³/mol. The number of fused-ring (bicyclic) bond motifs is 4. The van der Waals surface area contributed by atoms with Crippen molar-refractivity contribution in [3.8, 4) is 115 Å². The summed E-state index contributed by atoms with van der Waals surface area (Å²) in [6.07, 6.45) is -15.0. The van der Waals surface area contributed by atoms with Crippen molar-refractivity contribution in [3.05, 3.63) is 163 Å². The quantitative estimate of drug-likeness (QED) is 0.0709. The van der Waals surface area contributed by atoms with Crippen molar-refractivity contribution < 1.29 is 121 Å². The van der Waals surface area contributed by atoms with Crippen molar-refractivity contribution in [2.75, 3.05) is 0 Å². The molecule has 0 aromatic heterocycles. The van der Waals surface area contributed by atoms with Gasteiger partial charge in [0.05, 0.1) is 24.4 Å². The molecule has 0 saturated carbocycles. The lowest BCUT2D eigenvalue weighted by atomic mass is 9.83. The molecule has 0 bridgehead atoms. The number of phenolic OH excluding ortho intramolecular Hbond substituents is 16. The minimum atomic E-state index is -1.56. The molecule has 8 aromatic carbocycles. The number of aliphatic hydroxyl groups excluding tert-OH is 4. The first kappa shape index (κ1) is 57.1. The molecule has 0 unspecified atom stereocenters. The summed E-state index contributed by atoms with van der Waals surface area (Å²) in [5.74, 6) is -10.8. The number of aliphatic hydroxyl groups is 4. The van der Waals surface area contributed by atoms with Crippen LogP contribution in [0, 0.1) is 0 Å². The van der Waals surface area contributed by atoms with E-state index in [9.17, 15) is 102 Å². The molecule has 452 valence electrons. The minimum absolute atomic E-state index is 0.0212. The lowest BCUT2D eigenvalue weighted by Gasteiger charge is -2.36. The third-order valence-electron chi connectivity index (χ3n) is 16.7. The molecule has 12 rings (SSSR count). The van der Waals surface area contributed by atoms with Crippen LogP contribution in [0.5, 0.6) is 115 Å². The second-order valence-corrected chi connectivity index (χ2v) is 22.1. The van der Waals surface area contributed by atoms with Crippen LogP contribution in [0.2, 0.25) is 0 Å². The normalized spacial score (nSPS) is 21.0. The maximum atomic E-state index is 13.0. The van der Waals surface area contributed by atoms with Crippen LogP contribution in [0.3, 0.4) is 0 Å². The topological polar surface area (TPSA) is 442 Å². The van der Waals surface area contributed by atoms with Crippen molar-refractivity contribution in [2.45, 2.75) is 93.8 Å². The fraction of sp³-hybridized carbons (Fsp3) is 0.238. The fourth-order valence-electron chi connectivity index (χ4n) is 12.2. The van der Waals surface area contributed by atoms with Gasteiger partial charge in [-0.05, 0) is 70.8 Å². The second kappa shape index (κ2) is 21.3. The highest BCUT2D eigenvalue weighted by Gasteiger charge is 2.43. The third kappa shape index (κ3) is 9.69. The molecular formula is C63H56O24. The van der Waals surface area contributed by atoms with Crippen LogP contribution in [0.25, 0.3) is 0 Å². The van der Waals surface area contributed by atoms with Crippen molar-refractivity contribution in [3.63, 3.8) is 0 Å². The average molecular weight is 1200 g/mol. The van der Waals surface area contributed by atoms with E-state index in [4.69, 9.17) is 18.9 Å². The van der Waals surface area contributed by atoms with Gasteiger partial charge in [-0.25, -0.2) is 0 Å². The molecule has 4 heterocycles. The van der Waals surface area contributed by atoms with Crippen molar-refractivity contribution in [1.29, 1.82) is 0 Å². The number of phenols is 16. The number of aromatic hydroxyl groups is 16. The molecule has 4 aliphatic heterocycles. The molecule has 0 amide bonds. The van der Waals surface area contributed by atoms with Crippen LogP contribution in [0.1, 0.15) is 102 Å². The van der Waals surface area contributed by atoms with E-state index in [1.807, 2.05) is 0 Å². The molecule has 0 fully saturated rings. The van der Waals surface area contributed by atoms with Gasteiger partial charge in [0.25, 0.3) is 0 Å². The fourth-order valence-corrected chi connectivity index (χ4v) is 12.2. The van der Waals surface area contributed by atoms with E-state index >= 15 is 0 Å². The summed E-state index contributed by atoms with van der Waals surface area (Å²) in [6.45, 7) is 0. The second-order valence-electron chi connectivity index (χ2n) is 22.1. The van der Waals surface area contributed by atoms with Crippen LogP contribution in [-0.4, -0.2) is 127 Å². The van der Waals surface area contributed by atoms with Gasteiger partial charge in [-0.1, -0.05) is 24.3 Å². The largest absolute Gasteiger partial charge is 0.507 e. The molecule has 87 heavy (non-hydrogen) atoms. The van der Waals surface area contributed by atoms with Crippen LogP contribution in [-0.2, 0) is 44.9 Å². The summed E-state index contributed by atoms with van der Waals surface area (Å²) in [4.78, 5) is 0. The van der Waals surface area contributed by atoms with Crippen molar-refractivity contribution >= 4 is 0 Å². The van der Waals surface area contributed by atoms with Crippen LogP contribution >= 0.6 is 0 Å². The maximum Gasteiger partial charge on any atom is 0.157 e. The predicted octanol–water partition coefficient (Wildman–Crippen LogP) is 5.90. The summed E-state index contributed by atoms with van der Waals surface area (Å²) in [5.41, 5.74) is -1.66. The monoisotopic (exact) mass is 1200 g/mol. The zero-order valence-corrected chi connectivity index (χ0v) is 45.2. The van der Waals surface area contributed by atoms with Gasteiger partial charge < -0.3 is 121 Å².